The maximum Gasteiger partial charge on any atom is 0.294 e. The average Bonchev–Trinajstić information content (AvgIpc) is 2.15. The monoisotopic (exact) mass is 302 g/mol. The van der Waals surface area contributed by atoms with E-state index in [1.807, 2.05) is 0 Å². The molecule has 0 aliphatic heterocycles. The summed E-state index contributed by atoms with van der Waals surface area (Å²) in [5, 5.41) is 10.7. The number of rotatable bonds is 1. The first-order valence-electron chi connectivity index (χ1n) is 4.28. The molecule has 0 radical (unpaired) electrons. The van der Waals surface area contributed by atoms with E-state index in [0.717, 1.165) is 10.5 Å². The van der Waals surface area contributed by atoms with Crippen molar-refractivity contribution in [3.05, 3.63) is 34.8 Å². The van der Waals surface area contributed by atoms with Gasteiger partial charge in [0.05, 0.1) is 4.90 Å². The van der Waals surface area contributed by atoms with Crippen LogP contribution in [-0.4, -0.2) is 18.1 Å². The Bertz CT molecular complexity index is 664. The lowest BCUT2D eigenvalue weighted by molar-refractivity contribution is 0.471. The van der Waals surface area contributed by atoms with Crippen LogP contribution in [0, 0.1) is 0 Å². The summed E-state index contributed by atoms with van der Waals surface area (Å²) in [6.07, 6.45) is 0. The van der Waals surface area contributed by atoms with Crippen molar-refractivity contribution in [2.45, 2.75) is 4.90 Å². The van der Waals surface area contributed by atoms with E-state index in [-0.39, 0.29) is 10.6 Å². The molecular formula is C10H7BrO4S. The molecule has 16 heavy (non-hydrogen) atoms. The van der Waals surface area contributed by atoms with Crippen LogP contribution in [0.5, 0.6) is 5.75 Å². The molecule has 0 amide bonds. The molecule has 2 aromatic carbocycles. The summed E-state index contributed by atoms with van der Waals surface area (Å²) < 4.78 is 31.5. The number of fused-ring (bicyclic) bond motifs is 1. The summed E-state index contributed by atoms with van der Waals surface area (Å²) in [6.45, 7) is 0. The maximum absolute atomic E-state index is 10.9. The van der Waals surface area contributed by atoms with Crippen LogP contribution >= 0.6 is 15.9 Å². The molecule has 0 spiro atoms. The third-order valence-corrected chi connectivity index (χ3v) is 3.49. The SMILES string of the molecule is O=S(=O)(O)c1cc(O)c2ccc(Br)cc2c1. The fourth-order valence-corrected chi connectivity index (χ4v) is 2.36. The van der Waals surface area contributed by atoms with E-state index in [4.69, 9.17) is 4.55 Å². The van der Waals surface area contributed by atoms with Gasteiger partial charge in [0, 0.05) is 15.9 Å². The number of benzene rings is 2. The third-order valence-electron chi connectivity index (χ3n) is 2.16. The second-order valence-corrected chi connectivity index (χ2v) is 5.62. The minimum atomic E-state index is -4.30. The molecule has 2 N–H and O–H groups in total. The van der Waals surface area contributed by atoms with Gasteiger partial charge in [0.25, 0.3) is 10.1 Å². The number of phenolic OH excluding ortho intramolecular Hbond substituents is 1. The standard InChI is InChI=1S/C10H7BrO4S/c11-7-1-2-9-6(3-7)4-8(5-10(9)12)16(13,14)15/h1-5,12H,(H,13,14,15). The van der Waals surface area contributed by atoms with Gasteiger partial charge in [0.15, 0.2) is 0 Å². The quantitative estimate of drug-likeness (QED) is 0.794. The molecule has 2 rings (SSSR count). The van der Waals surface area contributed by atoms with Gasteiger partial charge in [-0.2, -0.15) is 8.42 Å². The van der Waals surface area contributed by atoms with Gasteiger partial charge in [-0.15, -0.1) is 0 Å². The van der Waals surface area contributed by atoms with E-state index < -0.39 is 10.1 Å². The lowest BCUT2D eigenvalue weighted by atomic mass is 10.1. The Kier molecular flexibility index (Phi) is 2.65. The van der Waals surface area contributed by atoms with Gasteiger partial charge < -0.3 is 5.11 Å². The van der Waals surface area contributed by atoms with Crippen LogP contribution in [0.4, 0.5) is 0 Å². The molecule has 6 heteroatoms. The van der Waals surface area contributed by atoms with Crippen molar-refractivity contribution in [3.8, 4) is 5.75 Å². The highest BCUT2D eigenvalue weighted by molar-refractivity contribution is 9.10. The third kappa shape index (κ3) is 2.04. The van der Waals surface area contributed by atoms with Crippen molar-refractivity contribution in [2.24, 2.45) is 0 Å². The number of hydrogen-bond acceptors (Lipinski definition) is 3. The molecule has 0 saturated heterocycles. The number of phenols is 1. The Morgan fingerprint density at radius 2 is 1.81 bits per heavy atom. The minimum absolute atomic E-state index is 0.183. The largest absolute Gasteiger partial charge is 0.507 e. The first-order valence-corrected chi connectivity index (χ1v) is 6.51. The van der Waals surface area contributed by atoms with E-state index in [2.05, 4.69) is 15.9 Å². The van der Waals surface area contributed by atoms with E-state index in [9.17, 15) is 13.5 Å². The Balaban J connectivity index is 2.85. The predicted octanol–water partition coefficient (Wildman–Crippen LogP) is 2.55. The van der Waals surface area contributed by atoms with Crippen molar-refractivity contribution in [1.29, 1.82) is 0 Å². The van der Waals surface area contributed by atoms with Gasteiger partial charge in [-0.25, -0.2) is 0 Å². The fourth-order valence-electron chi connectivity index (χ4n) is 1.44. The highest BCUT2D eigenvalue weighted by Crippen LogP contribution is 2.30. The predicted molar refractivity (Wildman–Crippen MR) is 63.1 cm³/mol. The molecule has 2 aromatic rings. The van der Waals surface area contributed by atoms with E-state index in [1.165, 1.54) is 6.07 Å². The Labute approximate surface area is 100 Å². The molecule has 4 nitrogen and oxygen atoms in total. The average molecular weight is 303 g/mol. The van der Waals surface area contributed by atoms with E-state index in [1.54, 1.807) is 18.2 Å². The Hall–Kier alpha value is -1.11. The first-order chi connectivity index (χ1) is 7.38. The van der Waals surface area contributed by atoms with Gasteiger partial charge >= 0.3 is 0 Å². The van der Waals surface area contributed by atoms with E-state index >= 15 is 0 Å². The van der Waals surface area contributed by atoms with Gasteiger partial charge in [-0.1, -0.05) is 15.9 Å². The van der Waals surface area contributed by atoms with Crippen LogP contribution in [-0.2, 0) is 10.1 Å². The number of aromatic hydroxyl groups is 1. The summed E-state index contributed by atoms with van der Waals surface area (Å²) >= 11 is 3.24. The summed E-state index contributed by atoms with van der Waals surface area (Å²) in [4.78, 5) is -0.324. The summed E-state index contributed by atoms with van der Waals surface area (Å²) in [5.74, 6) is -0.183. The molecule has 0 atom stereocenters. The molecule has 0 fully saturated rings. The Morgan fingerprint density at radius 1 is 1.12 bits per heavy atom. The van der Waals surface area contributed by atoms with Crippen molar-refractivity contribution >= 4 is 36.8 Å². The highest BCUT2D eigenvalue weighted by Gasteiger charge is 2.13. The molecule has 0 aliphatic carbocycles. The van der Waals surface area contributed by atoms with Gasteiger partial charge in [0.2, 0.25) is 0 Å². The second-order valence-electron chi connectivity index (χ2n) is 3.28. The smallest absolute Gasteiger partial charge is 0.294 e. The topological polar surface area (TPSA) is 74.6 Å². The molecule has 0 saturated carbocycles. The number of hydrogen-bond donors (Lipinski definition) is 2. The molecule has 0 unspecified atom stereocenters. The minimum Gasteiger partial charge on any atom is -0.507 e. The normalized spacial score (nSPS) is 11.9. The summed E-state index contributed by atoms with van der Waals surface area (Å²) in [7, 11) is -4.30. The molecule has 0 aliphatic rings. The van der Waals surface area contributed by atoms with Crippen molar-refractivity contribution in [1.82, 2.24) is 0 Å². The molecule has 0 aromatic heterocycles. The molecular weight excluding hydrogens is 296 g/mol. The van der Waals surface area contributed by atoms with Gasteiger partial charge in [0.1, 0.15) is 5.75 Å². The van der Waals surface area contributed by atoms with Gasteiger partial charge in [-0.3, -0.25) is 4.55 Å². The van der Waals surface area contributed by atoms with E-state index in [0.29, 0.717) is 10.8 Å². The second kappa shape index (κ2) is 3.73. The Morgan fingerprint density at radius 3 is 2.44 bits per heavy atom. The zero-order valence-corrected chi connectivity index (χ0v) is 10.3. The highest BCUT2D eigenvalue weighted by atomic mass is 79.9. The molecule has 0 heterocycles. The zero-order valence-electron chi connectivity index (χ0n) is 7.88. The van der Waals surface area contributed by atoms with Crippen molar-refractivity contribution in [3.63, 3.8) is 0 Å². The molecule has 84 valence electrons. The van der Waals surface area contributed by atoms with Crippen LogP contribution in [0.3, 0.4) is 0 Å². The van der Waals surface area contributed by atoms with Crippen molar-refractivity contribution < 1.29 is 18.1 Å². The van der Waals surface area contributed by atoms with Crippen LogP contribution in [0.25, 0.3) is 10.8 Å². The number of halogens is 1. The van der Waals surface area contributed by atoms with Crippen molar-refractivity contribution in [2.75, 3.05) is 0 Å². The zero-order chi connectivity index (χ0) is 11.9. The first kappa shape index (κ1) is 11.4. The van der Waals surface area contributed by atoms with Crippen LogP contribution in [0.1, 0.15) is 0 Å². The summed E-state index contributed by atoms with van der Waals surface area (Å²) in [5.41, 5.74) is 0. The lowest BCUT2D eigenvalue weighted by Gasteiger charge is -2.04. The fraction of sp³-hybridized carbons (Fsp3) is 0. The van der Waals surface area contributed by atoms with Crippen LogP contribution in [0.2, 0.25) is 0 Å². The maximum atomic E-state index is 10.9. The summed E-state index contributed by atoms with van der Waals surface area (Å²) in [6, 6.07) is 7.36. The molecule has 0 bridgehead atoms. The lowest BCUT2D eigenvalue weighted by Crippen LogP contribution is -1.97. The van der Waals surface area contributed by atoms with Crippen LogP contribution < -0.4 is 0 Å². The van der Waals surface area contributed by atoms with Crippen LogP contribution in [0.15, 0.2) is 39.7 Å². The van der Waals surface area contributed by atoms with Gasteiger partial charge in [-0.05, 0) is 29.7 Å².